The summed E-state index contributed by atoms with van der Waals surface area (Å²) in [5, 5.41) is 4.24. The van der Waals surface area contributed by atoms with E-state index in [2.05, 4.69) is 36.0 Å². The van der Waals surface area contributed by atoms with Gasteiger partial charge in [-0.15, -0.1) is 5.10 Å². The topological polar surface area (TPSA) is 73.8 Å². The van der Waals surface area contributed by atoms with Crippen molar-refractivity contribution in [2.24, 2.45) is 0 Å². The smallest absolute Gasteiger partial charge is 0.159 e. The average molecular weight is 434 g/mol. The minimum Gasteiger partial charge on any atom is -0.300 e. The molecule has 170 valence electrons. The van der Waals surface area contributed by atoms with Gasteiger partial charge in [-0.1, -0.05) is 40.3 Å². The molecule has 0 aromatic carbocycles. The zero-order chi connectivity index (χ0) is 23.7. The molecular formula is C25H35N7. The molecule has 32 heavy (non-hydrogen) atoms. The maximum Gasteiger partial charge on any atom is 0.159 e. The first-order valence-corrected chi connectivity index (χ1v) is 11.4. The molecule has 1 aliphatic carbocycles. The highest BCUT2D eigenvalue weighted by Crippen LogP contribution is 2.41. The van der Waals surface area contributed by atoms with E-state index in [-0.39, 0.29) is 0 Å². The Balaban J connectivity index is 0.000000197. The van der Waals surface area contributed by atoms with Crippen molar-refractivity contribution in [3.05, 3.63) is 72.1 Å². The lowest BCUT2D eigenvalue weighted by molar-refractivity contribution is 0.790. The molecule has 1 aliphatic rings. The summed E-state index contributed by atoms with van der Waals surface area (Å²) in [5.41, 5.74) is 3.43. The molecular weight excluding hydrogens is 398 g/mol. The van der Waals surface area contributed by atoms with Gasteiger partial charge in [0.2, 0.25) is 0 Å². The first-order valence-electron chi connectivity index (χ1n) is 11.4. The van der Waals surface area contributed by atoms with Crippen LogP contribution in [0.5, 0.6) is 0 Å². The van der Waals surface area contributed by atoms with Crippen LogP contribution < -0.4 is 0 Å². The summed E-state index contributed by atoms with van der Waals surface area (Å²) in [6.07, 6.45) is 8.24. The first-order chi connectivity index (χ1) is 15.6. The van der Waals surface area contributed by atoms with Crippen LogP contribution in [0.1, 0.15) is 75.3 Å². The van der Waals surface area contributed by atoms with Crippen LogP contribution in [0.2, 0.25) is 0 Å². The van der Waals surface area contributed by atoms with E-state index >= 15 is 0 Å². The fraction of sp³-hybridized carbons (Fsp3) is 0.400. The second-order valence-electron chi connectivity index (χ2n) is 6.87. The number of rotatable bonds is 3. The molecule has 0 unspecified atom stereocenters. The van der Waals surface area contributed by atoms with Crippen LogP contribution in [0.3, 0.4) is 0 Å². The molecule has 1 saturated carbocycles. The molecule has 4 aromatic rings. The number of fused-ring (bicyclic) bond motifs is 1. The van der Waals surface area contributed by atoms with Gasteiger partial charge in [0.05, 0.1) is 11.4 Å². The second kappa shape index (κ2) is 11.9. The Morgan fingerprint density at radius 3 is 2.22 bits per heavy atom. The predicted molar refractivity (Wildman–Crippen MR) is 131 cm³/mol. The monoisotopic (exact) mass is 433 g/mol. The van der Waals surface area contributed by atoms with Gasteiger partial charge in [-0.05, 0) is 51.8 Å². The van der Waals surface area contributed by atoms with E-state index in [4.69, 9.17) is 0 Å². The molecule has 4 aromatic heterocycles. The summed E-state index contributed by atoms with van der Waals surface area (Å²) in [7, 11) is 0. The van der Waals surface area contributed by atoms with Crippen LogP contribution in [0.15, 0.2) is 43.2 Å². The molecule has 0 saturated heterocycles. The van der Waals surface area contributed by atoms with Crippen molar-refractivity contribution >= 4 is 11.7 Å². The average Bonchev–Trinajstić information content (AvgIpc) is 3.52. The third-order valence-electron chi connectivity index (χ3n) is 4.61. The van der Waals surface area contributed by atoms with Crippen LogP contribution in [0.25, 0.3) is 17.5 Å². The maximum absolute atomic E-state index is 4.64. The Hall–Kier alpha value is -3.35. The lowest BCUT2D eigenvalue weighted by Crippen LogP contribution is -2.03. The van der Waals surface area contributed by atoms with E-state index in [1.165, 1.54) is 24.2 Å². The SMILES string of the molecule is C=Cc1c(C2CC2)nc2ccccn12.CC.CC.Cc1nccc(-n2nc(C)nc2C)n1. The Labute approximate surface area is 191 Å². The third-order valence-corrected chi connectivity index (χ3v) is 4.61. The van der Waals surface area contributed by atoms with E-state index in [1.807, 2.05) is 85.0 Å². The fourth-order valence-corrected chi connectivity index (χ4v) is 3.19. The molecule has 4 heterocycles. The highest BCUT2D eigenvalue weighted by molar-refractivity contribution is 5.56. The molecule has 0 atom stereocenters. The molecule has 5 rings (SSSR count). The number of hydrogen-bond donors (Lipinski definition) is 0. The van der Waals surface area contributed by atoms with Gasteiger partial charge in [-0.2, -0.15) is 4.68 Å². The summed E-state index contributed by atoms with van der Waals surface area (Å²) in [6, 6.07) is 7.90. The molecule has 0 aliphatic heterocycles. The minimum atomic E-state index is 0.683. The van der Waals surface area contributed by atoms with Gasteiger partial charge in [0.1, 0.15) is 23.1 Å². The van der Waals surface area contributed by atoms with Crippen molar-refractivity contribution in [1.29, 1.82) is 0 Å². The number of aryl methyl sites for hydroxylation is 3. The van der Waals surface area contributed by atoms with Gasteiger partial charge in [-0.3, -0.25) is 0 Å². The maximum atomic E-state index is 4.64. The molecule has 7 heteroatoms. The van der Waals surface area contributed by atoms with Gasteiger partial charge in [0, 0.05) is 24.4 Å². The summed E-state index contributed by atoms with van der Waals surface area (Å²) >= 11 is 0. The van der Waals surface area contributed by atoms with Crippen LogP contribution in [0, 0.1) is 20.8 Å². The van der Waals surface area contributed by atoms with E-state index < -0.39 is 0 Å². The Morgan fingerprint density at radius 1 is 0.938 bits per heavy atom. The van der Waals surface area contributed by atoms with Crippen LogP contribution >= 0.6 is 0 Å². The highest BCUT2D eigenvalue weighted by Gasteiger charge is 2.28. The van der Waals surface area contributed by atoms with E-state index in [1.54, 1.807) is 10.9 Å². The zero-order valence-corrected chi connectivity index (χ0v) is 20.4. The van der Waals surface area contributed by atoms with Crippen LogP contribution in [-0.2, 0) is 0 Å². The van der Waals surface area contributed by atoms with Crippen molar-refractivity contribution < 1.29 is 0 Å². The Bertz CT molecular complexity index is 1140. The number of pyridine rings is 1. The number of aromatic nitrogens is 7. The van der Waals surface area contributed by atoms with Crippen molar-refractivity contribution in [2.75, 3.05) is 0 Å². The van der Waals surface area contributed by atoms with E-state index in [9.17, 15) is 0 Å². The molecule has 0 spiro atoms. The summed E-state index contributed by atoms with van der Waals surface area (Å²) in [5.74, 6) is 3.76. The van der Waals surface area contributed by atoms with E-state index in [0.29, 0.717) is 5.92 Å². The molecule has 0 N–H and O–H groups in total. The lowest BCUT2D eigenvalue weighted by atomic mass is 10.2. The fourth-order valence-electron chi connectivity index (χ4n) is 3.19. The standard InChI is InChI=1S/C12H12N2.C9H11N5.2C2H6/c1-2-10-12(9-6-7-9)13-11-5-3-4-8-14(10)11;1-6-10-5-4-9(12-6)14-8(3)11-7(2)13-14;2*1-2/h2-5,8-9H,1,6-7H2;4-5H,1-3H3;2*1-2H3. The van der Waals surface area contributed by atoms with E-state index in [0.717, 1.165) is 28.9 Å². The Morgan fingerprint density at radius 2 is 1.66 bits per heavy atom. The largest absolute Gasteiger partial charge is 0.300 e. The van der Waals surface area contributed by atoms with Gasteiger partial charge >= 0.3 is 0 Å². The summed E-state index contributed by atoms with van der Waals surface area (Å²) in [4.78, 5) is 17.1. The van der Waals surface area contributed by atoms with Gasteiger partial charge in [0.15, 0.2) is 5.82 Å². The number of imidazole rings is 1. The molecule has 1 fully saturated rings. The lowest BCUT2D eigenvalue weighted by Gasteiger charge is -2.01. The molecule has 0 amide bonds. The predicted octanol–water partition coefficient (Wildman–Crippen LogP) is 5.89. The third kappa shape index (κ3) is 5.87. The van der Waals surface area contributed by atoms with Gasteiger partial charge < -0.3 is 4.40 Å². The van der Waals surface area contributed by atoms with Crippen LogP contribution in [0.4, 0.5) is 0 Å². The summed E-state index contributed by atoms with van der Waals surface area (Å²) < 4.78 is 3.82. The minimum absolute atomic E-state index is 0.683. The Kier molecular flexibility index (Phi) is 9.25. The molecule has 0 bridgehead atoms. The summed E-state index contributed by atoms with van der Waals surface area (Å²) in [6.45, 7) is 17.5. The zero-order valence-electron chi connectivity index (χ0n) is 20.4. The normalized spacial score (nSPS) is 12.0. The van der Waals surface area contributed by atoms with Crippen molar-refractivity contribution in [2.45, 2.75) is 67.2 Å². The molecule has 7 nitrogen and oxygen atoms in total. The van der Waals surface area contributed by atoms with Crippen molar-refractivity contribution in [1.82, 2.24) is 34.1 Å². The number of hydrogen-bond acceptors (Lipinski definition) is 5. The van der Waals surface area contributed by atoms with Gasteiger partial charge in [-0.25, -0.2) is 19.9 Å². The van der Waals surface area contributed by atoms with Crippen LogP contribution in [-0.4, -0.2) is 34.1 Å². The molecule has 0 radical (unpaired) electrons. The second-order valence-corrected chi connectivity index (χ2v) is 6.87. The van der Waals surface area contributed by atoms with Gasteiger partial charge in [0.25, 0.3) is 0 Å². The quantitative estimate of drug-likeness (QED) is 0.403. The first kappa shape index (κ1) is 24.9. The van der Waals surface area contributed by atoms with Crippen molar-refractivity contribution in [3.8, 4) is 5.82 Å². The number of nitrogens with zero attached hydrogens (tertiary/aromatic N) is 7. The highest BCUT2D eigenvalue weighted by atomic mass is 15.4. The van der Waals surface area contributed by atoms with Crippen molar-refractivity contribution in [3.63, 3.8) is 0 Å².